The smallest absolute Gasteiger partial charge is 0.0635 e. The molecule has 0 spiro atoms. The molecule has 1 fully saturated rings. The van der Waals surface area contributed by atoms with E-state index in [9.17, 15) is 0 Å². The molecule has 0 unspecified atom stereocenters. The highest BCUT2D eigenvalue weighted by Gasteiger charge is 2.29. The first-order valence-electron chi connectivity index (χ1n) is 4.74. The number of nitrogens with zero attached hydrogens (tertiary/aromatic N) is 2. The van der Waals surface area contributed by atoms with Crippen molar-refractivity contribution in [2.24, 2.45) is 5.73 Å². The second-order valence-corrected chi connectivity index (χ2v) is 4.37. The van der Waals surface area contributed by atoms with Crippen LogP contribution in [-0.2, 0) is 6.54 Å². The normalized spacial score (nSPS) is 16.5. The number of halogens is 1. The van der Waals surface area contributed by atoms with Crippen molar-refractivity contribution >= 4 is 15.9 Å². The first-order chi connectivity index (χ1) is 6.33. The van der Waals surface area contributed by atoms with E-state index in [1.165, 1.54) is 18.5 Å². The third-order valence-electron chi connectivity index (χ3n) is 2.37. The summed E-state index contributed by atoms with van der Waals surface area (Å²) < 4.78 is 3.25. The van der Waals surface area contributed by atoms with E-state index in [2.05, 4.69) is 25.7 Å². The lowest BCUT2D eigenvalue weighted by Gasteiger charge is -2.05. The standard InChI is InChI=1S/C9H14BrN3/c10-8-6-12-13(5-1-4-11)9(8)7-2-3-7/h6-7H,1-5,11H2. The summed E-state index contributed by atoms with van der Waals surface area (Å²) in [7, 11) is 0. The van der Waals surface area contributed by atoms with Crippen LogP contribution in [0.15, 0.2) is 10.7 Å². The maximum absolute atomic E-state index is 5.47. The molecule has 13 heavy (non-hydrogen) atoms. The number of aryl methyl sites for hydroxylation is 1. The summed E-state index contributed by atoms with van der Waals surface area (Å²) in [5.74, 6) is 0.745. The number of nitrogens with two attached hydrogens (primary N) is 1. The lowest BCUT2D eigenvalue weighted by Crippen LogP contribution is -2.09. The zero-order chi connectivity index (χ0) is 9.26. The molecule has 1 aliphatic carbocycles. The molecule has 0 atom stereocenters. The SMILES string of the molecule is NCCCn1ncc(Br)c1C1CC1. The second-order valence-electron chi connectivity index (χ2n) is 3.52. The Morgan fingerprint density at radius 1 is 1.62 bits per heavy atom. The highest BCUT2D eigenvalue weighted by atomic mass is 79.9. The zero-order valence-corrected chi connectivity index (χ0v) is 9.13. The Labute approximate surface area is 86.4 Å². The van der Waals surface area contributed by atoms with Gasteiger partial charge >= 0.3 is 0 Å². The van der Waals surface area contributed by atoms with E-state index in [-0.39, 0.29) is 0 Å². The van der Waals surface area contributed by atoms with Gasteiger partial charge < -0.3 is 5.73 Å². The fourth-order valence-electron chi connectivity index (χ4n) is 1.55. The van der Waals surface area contributed by atoms with Crippen molar-refractivity contribution in [3.05, 3.63) is 16.4 Å². The molecule has 0 radical (unpaired) electrons. The average Bonchev–Trinajstić information content (AvgIpc) is 2.88. The van der Waals surface area contributed by atoms with Gasteiger partial charge in [0.15, 0.2) is 0 Å². The van der Waals surface area contributed by atoms with Crippen LogP contribution in [0.25, 0.3) is 0 Å². The molecular weight excluding hydrogens is 230 g/mol. The molecule has 0 bridgehead atoms. The summed E-state index contributed by atoms with van der Waals surface area (Å²) in [5.41, 5.74) is 6.84. The van der Waals surface area contributed by atoms with Crippen LogP contribution >= 0.6 is 15.9 Å². The van der Waals surface area contributed by atoms with Gasteiger partial charge in [-0.25, -0.2) is 0 Å². The van der Waals surface area contributed by atoms with E-state index in [0.29, 0.717) is 0 Å². The summed E-state index contributed by atoms with van der Waals surface area (Å²) in [5, 5.41) is 4.33. The Morgan fingerprint density at radius 2 is 2.38 bits per heavy atom. The predicted molar refractivity (Wildman–Crippen MR) is 55.6 cm³/mol. The molecule has 1 saturated carbocycles. The fourth-order valence-corrected chi connectivity index (χ4v) is 2.17. The lowest BCUT2D eigenvalue weighted by molar-refractivity contribution is 0.560. The molecule has 2 N–H and O–H groups in total. The van der Waals surface area contributed by atoms with E-state index >= 15 is 0 Å². The van der Waals surface area contributed by atoms with Crippen molar-refractivity contribution in [2.45, 2.75) is 31.7 Å². The van der Waals surface area contributed by atoms with Gasteiger partial charge in [0, 0.05) is 12.5 Å². The summed E-state index contributed by atoms with van der Waals surface area (Å²) in [6, 6.07) is 0. The van der Waals surface area contributed by atoms with Gasteiger partial charge in [-0.1, -0.05) is 0 Å². The van der Waals surface area contributed by atoms with E-state index in [1.54, 1.807) is 0 Å². The van der Waals surface area contributed by atoms with E-state index < -0.39 is 0 Å². The van der Waals surface area contributed by atoms with E-state index in [1.807, 2.05) is 6.20 Å². The van der Waals surface area contributed by atoms with Crippen LogP contribution in [0.3, 0.4) is 0 Å². The third kappa shape index (κ3) is 1.94. The summed E-state index contributed by atoms with van der Waals surface area (Å²) in [6.45, 7) is 1.69. The minimum atomic E-state index is 0.738. The molecule has 1 aliphatic rings. The summed E-state index contributed by atoms with van der Waals surface area (Å²) >= 11 is 3.54. The maximum atomic E-state index is 5.47. The molecule has 1 aromatic heterocycles. The van der Waals surface area contributed by atoms with Crippen molar-refractivity contribution in [1.82, 2.24) is 9.78 Å². The molecule has 0 aliphatic heterocycles. The van der Waals surface area contributed by atoms with Gasteiger partial charge in [0.1, 0.15) is 0 Å². The molecule has 4 heteroatoms. The molecule has 0 aromatic carbocycles. The van der Waals surface area contributed by atoms with Gasteiger partial charge in [0.2, 0.25) is 0 Å². The van der Waals surface area contributed by atoms with Gasteiger partial charge in [0.25, 0.3) is 0 Å². The molecule has 2 rings (SSSR count). The van der Waals surface area contributed by atoms with Crippen LogP contribution in [0, 0.1) is 0 Å². The third-order valence-corrected chi connectivity index (χ3v) is 2.98. The van der Waals surface area contributed by atoms with Gasteiger partial charge in [-0.3, -0.25) is 4.68 Å². The van der Waals surface area contributed by atoms with Crippen LogP contribution in [0.1, 0.15) is 30.9 Å². The quantitative estimate of drug-likeness (QED) is 0.878. The van der Waals surface area contributed by atoms with Crippen LogP contribution in [0.5, 0.6) is 0 Å². The monoisotopic (exact) mass is 243 g/mol. The molecule has 0 amide bonds. The second kappa shape index (κ2) is 3.80. The fraction of sp³-hybridized carbons (Fsp3) is 0.667. The highest BCUT2D eigenvalue weighted by molar-refractivity contribution is 9.10. The molecule has 1 heterocycles. The summed E-state index contributed by atoms with van der Waals surface area (Å²) in [6.07, 6.45) is 5.53. The Bertz CT molecular complexity index is 291. The Morgan fingerprint density at radius 3 is 3.00 bits per heavy atom. The van der Waals surface area contributed by atoms with Crippen molar-refractivity contribution < 1.29 is 0 Å². The number of hydrogen-bond acceptors (Lipinski definition) is 2. The van der Waals surface area contributed by atoms with Crippen molar-refractivity contribution in [3.8, 4) is 0 Å². The van der Waals surface area contributed by atoms with E-state index in [0.717, 1.165) is 29.9 Å². The first kappa shape index (κ1) is 9.21. The molecule has 72 valence electrons. The van der Waals surface area contributed by atoms with Crippen LogP contribution in [0.4, 0.5) is 0 Å². The minimum Gasteiger partial charge on any atom is -0.330 e. The minimum absolute atomic E-state index is 0.738. The Hall–Kier alpha value is -0.350. The predicted octanol–water partition coefficient (Wildman–Crippen LogP) is 1.87. The molecule has 1 aromatic rings. The van der Waals surface area contributed by atoms with Crippen molar-refractivity contribution in [1.29, 1.82) is 0 Å². The van der Waals surface area contributed by atoms with Crippen LogP contribution < -0.4 is 5.73 Å². The molecule has 3 nitrogen and oxygen atoms in total. The molecule has 0 saturated heterocycles. The first-order valence-corrected chi connectivity index (χ1v) is 5.53. The number of hydrogen-bond donors (Lipinski definition) is 1. The number of aromatic nitrogens is 2. The van der Waals surface area contributed by atoms with Crippen LogP contribution in [-0.4, -0.2) is 16.3 Å². The average molecular weight is 244 g/mol. The Balaban J connectivity index is 2.13. The lowest BCUT2D eigenvalue weighted by atomic mass is 10.3. The van der Waals surface area contributed by atoms with Crippen molar-refractivity contribution in [2.75, 3.05) is 6.54 Å². The zero-order valence-electron chi connectivity index (χ0n) is 7.54. The number of rotatable bonds is 4. The summed E-state index contributed by atoms with van der Waals surface area (Å²) in [4.78, 5) is 0. The maximum Gasteiger partial charge on any atom is 0.0635 e. The van der Waals surface area contributed by atoms with Gasteiger partial charge in [-0.2, -0.15) is 5.10 Å². The van der Waals surface area contributed by atoms with Gasteiger partial charge in [-0.05, 0) is 41.7 Å². The van der Waals surface area contributed by atoms with Crippen LogP contribution in [0.2, 0.25) is 0 Å². The Kier molecular flexibility index (Phi) is 2.69. The molecular formula is C9H14BrN3. The van der Waals surface area contributed by atoms with Gasteiger partial charge in [-0.15, -0.1) is 0 Å². The van der Waals surface area contributed by atoms with Gasteiger partial charge in [0.05, 0.1) is 16.4 Å². The highest BCUT2D eigenvalue weighted by Crippen LogP contribution is 2.43. The van der Waals surface area contributed by atoms with E-state index in [4.69, 9.17) is 5.73 Å². The topological polar surface area (TPSA) is 43.8 Å². The van der Waals surface area contributed by atoms with Crippen molar-refractivity contribution in [3.63, 3.8) is 0 Å². The largest absolute Gasteiger partial charge is 0.330 e.